The van der Waals surface area contributed by atoms with Gasteiger partial charge in [0.15, 0.2) is 5.82 Å². The van der Waals surface area contributed by atoms with E-state index in [1.54, 1.807) is 7.11 Å². The number of nitrogens with one attached hydrogen (secondary N) is 1. The van der Waals surface area contributed by atoms with Crippen molar-refractivity contribution in [2.45, 2.75) is 33.7 Å². The second kappa shape index (κ2) is 9.39. The number of rotatable bonds is 5. The maximum Gasteiger partial charge on any atom is 0.321 e. The van der Waals surface area contributed by atoms with Gasteiger partial charge in [0.2, 0.25) is 0 Å². The van der Waals surface area contributed by atoms with Crippen LogP contribution in [0, 0.1) is 20.8 Å². The lowest BCUT2D eigenvalue weighted by molar-refractivity contribution is 0.210. The first kappa shape index (κ1) is 21.8. The highest BCUT2D eigenvalue weighted by molar-refractivity contribution is 5.90. The predicted octanol–water partition coefficient (Wildman–Crippen LogP) is 3.40. The number of amides is 2. The molecule has 10 heteroatoms. The second-order valence-electron chi connectivity index (χ2n) is 7.94. The number of ether oxygens (including phenoxy) is 1. The van der Waals surface area contributed by atoms with Gasteiger partial charge in [-0.2, -0.15) is 4.98 Å². The predicted molar refractivity (Wildman–Crippen MR) is 117 cm³/mol. The van der Waals surface area contributed by atoms with Crippen molar-refractivity contribution < 1.29 is 18.6 Å². The normalized spacial score (nSPS) is 14.9. The highest BCUT2D eigenvalue weighted by Crippen LogP contribution is 2.25. The average molecular weight is 441 g/mol. The molecule has 0 spiro atoms. The zero-order chi connectivity index (χ0) is 22.7. The summed E-state index contributed by atoms with van der Waals surface area (Å²) in [6, 6.07) is 5.51. The summed E-state index contributed by atoms with van der Waals surface area (Å²) < 4.78 is 15.8. The van der Waals surface area contributed by atoms with E-state index in [4.69, 9.17) is 13.8 Å². The summed E-state index contributed by atoms with van der Waals surface area (Å²) >= 11 is 0. The SMILES string of the molecule is COc1ccc(NC(=O)N2CCCN(Cc3noc(-c4c(C)noc4C)n3)CC2)c(C)c1. The number of hydrogen-bond acceptors (Lipinski definition) is 8. The fraction of sp³-hybridized carbons (Fsp3) is 0.455. The molecule has 1 aliphatic rings. The molecule has 170 valence electrons. The minimum atomic E-state index is -0.0969. The first-order valence-corrected chi connectivity index (χ1v) is 10.6. The fourth-order valence-corrected chi connectivity index (χ4v) is 3.84. The molecule has 1 N–H and O–H groups in total. The Morgan fingerprint density at radius 2 is 1.97 bits per heavy atom. The van der Waals surface area contributed by atoms with Crippen molar-refractivity contribution in [3.63, 3.8) is 0 Å². The molecule has 0 atom stereocenters. The largest absolute Gasteiger partial charge is 0.497 e. The van der Waals surface area contributed by atoms with Crippen LogP contribution in [0.2, 0.25) is 0 Å². The molecule has 1 fully saturated rings. The van der Waals surface area contributed by atoms with Crippen molar-refractivity contribution >= 4 is 11.7 Å². The van der Waals surface area contributed by atoms with Gasteiger partial charge in [0.05, 0.1) is 19.3 Å². The number of benzene rings is 1. The molecule has 3 aromatic rings. The number of carbonyl (C=O) groups excluding carboxylic acids is 1. The second-order valence-corrected chi connectivity index (χ2v) is 7.94. The van der Waals surface area contributed by atoms with Gasteiger partial charge in [0.25, 0.3) is 5.89 Å². The van der Waals surface area contributed by atoms with Gasteiger partial charge in [-0.05, 0) is 51.0 Å². The first-order valence-electron chi connectivity index (χ1n) is 10.6. The first-order chi connectivity index (χ1) is 15.4. The summed E-state index contributed by atoms with van der Waals surface area (Å²) in [6.45, 7) is 9.05. The van der Waals surface area contributed by atoms with Crippen LogP contribution in [-0.2, 0) is 6.54 Å². The van der Waals surface area contributed by atoms with E-state index in [0.717, 1.165) is 47.8 Å². The quantitative estimate of drug-likeness (QED) is 0.643. The van der Waals surface area contributed by atoms with Gasteiger partial charge in [-0.3, -0.25) is 4.90 Å². The molecule has 0 unspecified atom stereocenters. The van der Waals surface area contributed by atoms with E-state index in [0.29, 0.717) is 37.1 Å². The van der Waals surface area contributed by atoms with Crippen molar-refractivity contribution in [3.8, 4) is 17.2 Å². The van der Waals surface area contributed by atoms with E-state index in [9.17, 15) is 4.79 Å². The van der Waals surface area contributed by atoms with Crippen LogP contribution in [0.15, 0.2) is 27.2 Å². The molecule has 1 saturated heterocycles. The molecule has 0 aliphatic carbocycles. The monoisotopic (exact) mass is 440 g/mol. The molecule has 3 heterocycles. The Hall–Kier alpha value is -3.40. The van der Waals surface area contributed by atoms with Gasteiger partial charge in [-0.15, -0.1) is 0 Å². The summed E-state index contributed by atoms with van der Waals surface area (Å²) in [5.74, 6) is 2.44. The Kier molecular flexibility index (Phi) is 6.40. The highest BCUT2D eigenvalue weighted by atomic mass is 16.5. The number of anilines is 1. The third-order valence-electron chi connectivity index (χ3n) is 5.63. The van der Waals surface area contributed by atoms with E-state index in [1.165, 1.54) is 0 Å². The molecule has 0 bridgehead atoms. The molecule has 10 nitrogen and oxygen atoms in total. The van der Waals surface area contributed by atoms with Crippen LogP contribution in [0.3, 0.4) is 0 Å². The zero-order valence-corrected chi connectivity index (χ0v) is 18.8. The Morgan fingerprint density at radius 1 is 1.12 bits per heavy atom. The summed E-state index contributed by atoms with van der Waals surface area (Å²) in [4.78, 5) is 21.4. The molecular formula is C22H28N6O4. The zero-order valence-electron chi connectivity index (χ0n) is 18.8. The van der Waals surface area contributed by atoms with E-state index in [-0.39, 0.29) is 6.03 Å². The lowest BCUT2D eigenvalue weighted by Crippen LogP contribution is -2.38. The van der Waals surface area contributed by atoms with Crippen molar-refractivity contribution in [1.82, 2.24) is 25.1 Å². The fourth-order valence-electron chi connectivity index (χ4n) is 3.84. The van der Waals surface area contributed by atoms with E-state index < -0.39 is 0 Å². The van der Waals surface area contributed by atoms with Gasteiger partial charge in [0.1, 0.15) is 17.1 Å². The van der Waals surface area contributed by atoms with Crippen LogP contribution in [0.4, 0.5) is 10.5 Å². The summed E-state index contributed by atoms with van der Waals surface area (Å²) in [5.41, 5.74) is 3.22. The summed E-state index contributed by atoms with van der Waals surface area (Å²) in [5, 5.41) is 11.1. The minimum absolute atomic E-state index is 0.0969. The topological polar surface area (TPSA) is 110 Å². The summed E-state index contributed by atoms with van der Waals surface area (Å²) in [6.07, 6.45) is 0.865. The van der Waals surface area contributed by atoms with Crippen molar-refractivity contribution in [1.29, 1.82) is 0 Å². The molecule has 2 amide bonds. The number of hydrogen-bond donors (Lipinski definition) is 1. The number of carbonyl (C=O) groups is 1. The van der Waals surface area contributed by atoms with Crippen molar-refractivity contribution in [3.05, 3.63) is 41.0 Å². The standard InChI is InChI=1S/C22H28N6O4/c1-14-12-17(30-4)6-7-18(14)23-22(29)28-9-5-8-27(10-11-28)13-19-24-21(32-26-19)20-15(2)25-31-16(20)3/h6-7,12H,5,8-11,13H2,1-4H3,(H,23,29). The Morgan fingerprint density at radius 3 is 2.69 bits per heavy atom. The molecule has 0 radical (unpaired) electrons. The van der Waals surface area contributed by atoms with Gasteiger partial charge >= 0.3 is 6.03 Å². The number of urea groups is 1. The lowest BCUT2D eigenvalue weighted by Gasteiger charge is -2.22. The van der Waals surface area contributed by atoms with Crippen LogP contribution in [0.1, 0.15) is 29.3 Å². The average Bonchev–Trinajstić information content (AvgIpc) is 3.27. The van der Waals surface area contributed by atoms with E-state index >= 15 is 0 Å². The lowest BCUT2D eigenvalue weighted by atomic mass is 10.2. The van der Waals surface area contributed by atoms with Crippen LogP contribution in [-0.4, -0.2) is 64.4 Å². The Labute approximate surface area is 186 Å². The van der Waals surface area contributed by atoms with Crippen LogP contribution >= 0.6 is 0 Å². The highest BCUT2D eigenvalue weighted by Gasteiger charge is 2.22. The molecular weight excluding hydrogens is 412 g/mol. The molecule has 1 aliphatic heterocycles. The molecule has 1 aromatic carbocycles. The van der Waals surface area contributed by atoms with Crippen LogP contribution in [0.25, 0.3) is 11.5 Å². The maximum atomic E-state index is 12.8. The van der Waals surface area contributed by atoms with Crippen LogP contribution in [0.5, 0.6) is 5.75 Å². The third-order valence-corrected chi connectivity index (χ3v) is 5.63. The van der Waals surface area contributed by atoms with Gasteiger partial charge in [0, 0.05) is 31.9 Å². The van der Waals surface area contributed by atoms with Gasteiger partial charge < -0.3 is 24.0 Å². The molecule has 0 saturated carbocycles. The Bertz CT molecular complexity index is 1070. The minimum Gasteiger partial charge on any atom is -0.497 e. The number of nitrogens with zero attached hydrogens (tertiary/aromatic N) is 5. The number of aryl methyl sites for hydroxylation is 3. The number of methoxy groups -OCH3 is 1. The van der Waals surface area contributed by atoms with E-state index in [1.807, 2.05) is 43.9 Å². The molecule has 2 aromatic heterocycles. The molecule has 4 rings (SSSR count). The summed E-state index contributed by atoms with van der Waals surface area (Å²) in [7, 11) is 1.63. The van der Waals surface area contributed by atoms with Crippen LogP contribution < -0.4 is 10.1 Å². The van der Waals surface area contributed by atoms with Crippen molar-refractivity contribution in [2.24, 2.45) is 0 Å². The third kappa shape index (κ3) is 4.75. The maximum absolute atomic E-state index is 12.8. The number of aromatic nitrogens is 3. The van der Waals surface area contributed by atoms with Gasteiger partial charge in [-0.25, -0.2) is 4.79 Å². The smallest absolute Gasteiger partial charge is 0.321 e. The van der Waals surface area contributed by atoms with Crippen molar-refractivity contribution in [2.75, 3.05) is 38.6 Å². The van der Waals surface area contributed by atoms with E-state index in [2.05, 4.69) is 25.5 Å². The molecule has 32 heavy (non-hydrogen) atoms. The van der Waals surface area contributed by atoms with Gasteiger partial charge in [-0.1, -0.05) is 10.3 Å². The Balaban J connectivity index is 1.34.